The van der Waals surface area contributed by atoms with Gasteiger partial charge in [0, 0.05) is 32.9 Å². The lowest BCUT2D eigenvalue weighted by atomic mass is 9.86. The van der Waals surface area contributed by atoms with E-state index in [4.69, 9.17) is 4.74 Å². The first kappa shape index (κ1) is 12.5. The largest absolute Gasteiger partial charge is 0.389 e. The number of aromatic nitrogens is 3. The second-order valence-electron chi connectivity index (χ2n) is 4.94. The summed E-state index contributed by atoms with van der Waals surface area (Å²) in [6, 6.07) is 0. The van der Waals surface area contributed by atoms with Gasteiger partial charge in [0.1, 0.15) is 12.2 Å². The molecule has 1 saturated heterocycles. The molecule has 2 atom stereocenters. The number of nitrogens with zero attached hydrogens (tertiary/aromatic N) is 3. The minimum absolute atomic E-state index is 0.187. The maximum absolute atomic E-state index is 10.6. The summed E-state index contributed by atoms with van der Waals surface area (Å²) in [6.07, 6.45) is 5.76. The van der Waals surface area contributed by atoms with Crippen LogP contribution in [0.25, 0.3) is 0 Å². The molecule has 0 saturated carbocycles. The van der Waals surface area contributed by atoms with Gasteiger partial charge in [0.25, 0.3) is 0 Å². The van der Waals surface area contributed by atoms with E-state index in [1.54, 1.807) is 4.68 Å². The number of ether oxygens (including phenoxy) is 1. The van der Waals surface area contributed by atoms with E-state index in [9.17, 15) is 5.11 Å². The van der Waals surface area contributed by atoms with E-state index in [-0.39, 0.29) is 6.10 Å². The van der Waals surface area contributed by atoms with Crippen molar-refractivity contribution in [2.45, 2.75) is 50.7 Å². The van der Waals surface area contributed by atoms with Crippen molar-refractivity contribution in [1.29, 1.82) is 0 Å². The van der Waals surface area contributed by atoms with Crippen LogP contribution in [0.5, 0.6) is 0 Å². The Hall–Kier alpha value is -0.940. The average Bonchev–Trinajstić information content (AvgIpc) is 2.64. The third-order valence-electron chi connectivity index (χ3n) is 3.43. The van der Waals surface area contributed by atoms with Crippen molar-refractivity contribution in [3.05, 3.63) is 12.2 Å². The molecule has 2 heterocycles. The predicted octanol–water partition coefficient (Wildman–Crippen LogP) is 1.07. The Kier molecular flexibility index (Phi) is 3.79. The number of hydrogen-bond donors (Lipinski definition) is 1. The number of aryl methyl sites for hydroxylation is 1. The van der Waals surface area contributed by atoms with Crippen LogP contribution in [0.2, 0.25) is 0 Å². The Morgan fingerprint density at radius 1 is 1.65 bits per heavy atom. The van der Waals surface area contributed by atoms with Crippen molar-refractivity contribution in [2.75, 3.05) is 6.61 Å². The van der Waals surface area contributed by atoms with Crippen LogP contribution in [0.4, 0.5) is 0 Å². The molecule has 0 spiro atoms. The van der Waals surface area contributed by atoms with E-state index in [1.165, 1.54) is 6.33 Å². The molecule has 0 amide bonds. The molecule has 2 unspecified atom stereocenters. The Morgan fingerprint density at radius 3 is 3.12 bits per heavy atom. The fourth-order valence-electron chi connectivity index (χ4n) is 2.44. The molecule has 1 aliphatic heterocycles. The third kappa shape index (κ3) is 3.04. The van der Waals surface area contributed by atoms with Crippen LogP contribution in [0.3, 0.4) is 0 Å². The molecule has 0 aromatic carbocycles. The lowest BCUT2D eigenvalue weighted by Crippen LogP contribution is -2.43. The van der Waals surface area contributed by atoms with Gasteiger partial charge >= 0.3 is 0 Å². The summed E-state index contributed by atoms with van der Waals surface area (Å²) in [6.45, 7) is 2.78. The molecular weight excluding hydrogens is 218 g/mol. The lowest BCUT2D eigenvalue weighted by Gasteiger charge is -2.36. The first-order valence-electron chi connectivity index (χ1n) is 6.30. The van der Waals surface area contributed by atoms with Gasteiger partial charge in [0.15, 0.2) is 0 Å². The van der Waals surface area contributed by atoms with Gasteiger partial charge in [0.05, 0.1) is 11.7 Å². The van der Waals surface area contributed by atoms with Crippen LogP contribution in [0, 0.1) is 0 Å². The molecule has 1 fully saturated rings. The monoisotopic (exact) mass is 239 g/mol. The minimum Gasteiger partial charge on any atom is -0.389 e. The van der Waals surface area contributed by atoms with Crippen molar-refractivity contribution in [3.63, 3.8) is 0 Å². The van der Waals surface area contributed by atoms with Gasteiger partial charge in [0.2, 0.25) is 0 Å². The molecular formula is C12H21N3O2. The van der Waals surface area contributed by atoms with Crippen LogP contribution >= 0.6 is 0 Å². The highest BCUT2D eigenvalue weighted by molar-refractivity contribution is 4.96. The van der Waals surface area contributed by atoms with Gasteiger partial charge in [-0.3, -0.25) is 4.68 Å². The topological polar surface area (TPSA) is 60.2 Å². The summed E-state index contributed by atoms with van der Waals surface area (Å²) in [7, 11) is 1.86. The number of rotatable bonds is 4. The number of aliphatic hydroxyl groups is 1. The van der Waals surface area contributed by atoms with E-state index in [2.05, 4.69) is 17.0 Å². The second kappa shape index (κ2) is 5.14. The standard InChI is InChI=1S/C12H21N3O2/c1-3-4-10-7-12(16,5-6-17-10)8-11-13-9-14-15(11)2/h9-10,16H,3-8H2,1-2H3. The normalized spacial score (nSPS) is 29.5. The molecule has 0 bridgehead atoms. The summed E-state index contributed by atoms with van der Waals surface area (Å²) >= 11 is 0. The molecule has 5 nitrogen and oxygen atoms in total. The number of hydrogen-bond acceptors (Lipinski definition) is 4. The first-order valence-corrected chi connectivity index (χ1v) is 6.30. The summed E-state index contributed by atoms with van der Waals surface area (Å²) in [4.78, 5) is 4.18. The zero-order valence-corrected chi connectivity index (χ0v) is 10.6. The molecule has 1 aromatic heterocycles. The smallest absolute Gasteiger partial charge is 0.138 e. The third-order valence-corrected chi connectivity index (χ3v) is 3.43. The van der Waals surface area contributed by atoms with Gasteiger partial charge in [-0.1, -0.05) is 13.3 Å². The van der Waals surface area contributed by atoms with Crippen LogP contribution < -0.4 is 0 Å². The van der Waals surface area contributed by atoms with E-state index in [0.717, 1.165) is 18.7 Å². The fourth-order valence-corrected chi connectivity index (χ4v) is 2.44. The molecule has 0 radical (unpaired) electrons. The maximum atomic E-state index is 10.6. The van der Waals surface area contributed by atoms with Crippen molar-refractivity contribution < 1.29 is 9.84 Å². The zero-order valence-electron chi connectivity index (χ0n) is 10.6. The Labute approximate surface area is 102 Å². The van der Waals surface area contributed by atoms with E-state index in [1.807, 2.05) is 7.05 Å². The molecule has 1 aliphatic rings. The quantitative estimate of drug-likeness (QED) is 0.853. The van der Waals surface area contributed by atoms with Crippen LogP contribution in [-0.2, 0) is 18.2 Å². The van der Waals surface area contributed by atoms with Crippen molar-refractivity contribution >= 4 is 0 Å². The molecule has 1 aromatic rings. The zero-order chi connectivity index (χ0) is 12.3. The van der Waals surface area contributed by atoms with Crippen molar-refractivity contribution in [1.82, 2.24) is 14.8 Å². The average molecular weight is 239 g/mol. The molecule has 2 rings (SSSR count). The summed E-state index contributed by atoms with van der Waals surface area (Å²) in [5, 5.41) is 14.6. The maximum Gasteiger partial charge on any atom is 0.138 e. The molecule has 5 heteroatoms. The molecule has 96 valence electrons. The van der Waals surface area contributed by atoms with Crippen molar-refractivity contribution in [2.24, 2.45) is 7.05 Å². The van der Waals surface area contributed by atoms with Gasteiger partial charge in [-0.15, -0.1) is 0 Å². The minimum atomic E-state index is -0.682. The lowest BCUT2D eigenvalue weighted by molar-refractivity contribution is -0.106. The Morgan fingerprint density at radius 2 is 2.47 bits per heavy atom. The molecule has 1 N–H and O–H groups in total. The first-order chi connectivity index (χ1) is 8.13. The van der Waals surface area contributed by atoms with E-state index >= 15 is 0 Å². The predicted molar refractivity (Wildman–Crippen MR) is 63.5 cm³/mol. The van der Waals surface area contributed by atoms with Crippen LogP contribution in [0.1, 0.15) is 38.4 Å². The SMILES string of the molecule is CCCC1CC(O)(Cc2ncnn2C)CCO1. The second-order valence-corrected chi connectivity index (χ2v) is 4.94. The summed E-state index contributed by atoms with van der Waals surface area (Å²) < 4.78 is 7.38. The molecule has 17 heavy (non-hydrogen) atoms. The summed E-state index contributed by atoms with van der Waals surface area (Å²) in [5.41, 5.74) is -0.682. The highest BCUT2D eigenvalue weighted by atomic mass is 16.5. The Balaban J connectivity index is 2.00. The van der Waals surface area contributed by atoms with Crippen molar-refractivity contribution in [3.8, 4) is 0 Å². The van der Waals surface area contributed by atoms with E-state index in [0.29, 0.717) is 25.9 Å². The van der Waals surface area contributed by atoms with Crippen LogP contribution in [-0.4, -0.2) is 38.2 Å². The fraction of sp³-hybridized carbons (Fsp3) is 0.833. The van der Waals surface area contributed by atoms with Gasteiger partial charge in [-0.2, -0.15) is 5.10 Å². The highest BCUT2D eigenvalue weighted by Crippen LogP contribution is 2.29. The van der Waals surface area contributed by atoms with Gasteiger partial charge < -0.3 is 9.84 Å². The van der Waals surface area contributed by atoms with Crippen LogP contribution in [0.15, 0.2) is 6.33 Å². The Bertz CT molecular complexity index is 364. The summed E-state index contributed by atoms with van der Waals surface area (Å²) in [5.74, 6) is 0.838. The van der Waals surface area contributed by atoms with E-state index < -0.39 is 5.60 Å². The van der Waals surface area contributed by atoms with Gasteiger partial charge in [-0.25, -0.2) is 4.98 Å². The molecule has 0 aliphatic carbocycles. The highest BCUT2D eigenvalue weighted by Gasteiger charge is 2.35. The van der Waals surface area contributed by atoms with Gasteiger partial charge in [-0.05, 0) is 6.42 Å².